The number of hydrogen-bond acceptors (Lipinski definition) is 6. The largest absolute Gasteiger partial charge is 0.462 e. The fraction of sp³-hybridized carbons (Fsp3) is 0.222. The van der Waals surface area contributed by atoms with E-state index in [-0.39, 0.29) is 39.9 Å². The van der Waals surface area contributed by atoms with Crippen LogP contribution in [0.25, 0.3) is 0 Å². The van der Waals surface area contributed by atoms with E-state index in [9.17, 15) is 18.0 Å². The van der Waals surface area contributed by atoms with Crippen molar-refractivity contribution >= 4 is 39.3 Å². The Balaban J connectivity index is 2.47. The molecule has 0 aliphatic rings. The molecule has 0 aliphatic heterocycles. The van der Waals surface area contributed by atoms with E-state index < -0.39 is 22.0 Å². The van der Waals surface area contributed by atoms with E-state index in [1.807, 2.05) is 0 Å². The smallest absolute Gasteiger partial charge is 0.338 e. The number of halogens is 1. The molecule has 0 unspecified atom stereocenters. The fourth-order valence-electron chi connectivity index (χ4n) is 2.22. The molecule has 0 amide bonds. The van der Waals surface area contributed by atoms with Crippen LogP contribution in [-0.2, 0) is 19.5 Å². The number of sulfonamides is 1. The lowest BCUT2D eigenvalue weighted by atomic mass is 10.1. The van der Waals surface area contributed by atoms with Crippen LogP contribution in [0.2, 0.25) is 5.02 Å². The third kappa shape index (κ3) is 5.21. The van der Waals surface area contributed by atoms with Crippen LogP contribution >= 0.6 is 11.6 Å². The molecular formula is C18H18ClNO6S. The quantitative estimate of drug-likeness (QED) is 0.700. The standard InChI is InChI=1S/C18H18ClNO6S/c1-3-25-17(21)12-9-13(18(22)26-4-2)11-14(10-12)20-27(23,24)16-8-6-5-7-15(16)19/h5-11,20H,3-4H2,1-2H3. The summed E-state index contributed by atoms with van der Waals surface area (Å²) in [5.74, 6) is -1.39. The predicted molar refractivity (Wildman–Crippen MR) is 101 cm³/mol. The summed E-state index contributed by atoms with van der Waals surface area (Å²) in [6, 6.07) is 9.73. The summed E-state index contributed by atoms with van der Waals surface area (Å²) < 4.78 is 37.4. The van der Waals surface area contributed by atoms with Gasteiger partial charge in [0, 0.05) is 0 Å². The number of anilines is 1. The SMILES string of the molecule is CCOC(=O)c1cc(NS(=O)(=O)c2ccccc2Cl)cc(C(=O)OCC)c1. The second kappa shape index (κ2) is 8.88. The second-order valence-corrected chi connectivity index (χ2v) is 7.33. The number of rotatable bonds is 7. The molecule has 144 valence electrons. The summed E-state index contributed by atoms with van der Waals surface area (Å²) in [5, 5.41) is 0.0390. The van der Waals surface area contributed by atoms with E-state index in [1.165, 1.54) is 36.4 Å². The zero-order chi connectivity index (χ0) is 20.0. The Morgan fingerprint density at radius 1 is 0.963 bits per heavy atom. The number of hydrogen-bond donors (Lipinski definition) is 1. The Bertz CT molecular complexity index is 922. The average molecular weight is 412 g/mol. The van der Waals surface area contributed by atoms with Crippen LogP contribution in [0, 0.1) is 0 Å². The highest BCUT2D eigenvalue weighted by atomic mass is 35.5. The monoisotopic (exact) mass is 411 g/mol. The van der Waals surface area contributed by atoms with Crippen molar-refractivity contribution in [3.05, 3.63) is 58.6 Å². The van der Waals surface area contributed by atoms with E-state index in [0.29, 0.717) is 0 Å². The van der Waals surface area contributed by atoms with Crippen LogP contribution in [0.3, 0.4) is 0 Å². The van der Waals surface area contributed by atoms with E-state index in [0.717, 1.165) is 0 Å². The molecule has 0 bridgehead atoms. The Labute approximate surface area is 162 Å². The van der Waals surface area contributed by atoms with Gasteiger partial charge in [-0.15, -0.1) is 0 Å². The topological polar surface area (TPSA) is 98.8 Å². The first-order chi connectivity index (χ1) is 12.8. The molecule has 2 aromatic rings. The minimum absolute atomic E-state index is 0.00326. The Kier molecular flexibility index (Phi) is 6.81. The maximum Gasteiger partial charge on any atom is 0.338 e. The van der Waals surface area contributed by atoms with Gasteiger partial charge < -0.3 is 9.47 Å². The van der Waals surface area contributed by atoms with E-state index in [2.05, 4.69) is 4.72 Å². The summed E-state index contributed by atoms with van der Waals surface area (Å²) in [6.45, 7) is 3.52. The number of benzene rings is 2. The highest BCUT2D eigenvalue weighted by Gasteiger charge is 2.20. The van der Waals surface area contributed by atoms with Gasteiger partial charge in [-0.3, -0.25) is 4.72 Å². The summed E-state index contributed by atoms with van der Waals surface area (Å²) in [4.78, 5) is 24.0. The molecule has 2 rings (SSSR count). The molecule has 2 aromatic carbocycles. The number of carbonyl (C=O) groups is 2. The molecule has 0 aromatic heterocycles. The molecule has 0 heterocycles. The number of esters is 2. The summed E-state index contributed by atoms with van der Waals surface area (Å²) in [6.07, 6.45) is 0. The predicted octanol–water partition coefficient (Wildman–Crippen LogP) is 3.49. The molecule has 0 spiro atoms. The molecule has 0 atom stereocenters. The van der Waals surface area contributed by atoms with Gasteiger partial charge in [0.05, 0.1) is 35.1 Å². The fourth-order valence-corrected chi connectivity index (χ4v) is 3.78. The Morgan fingerprint density at radius 2 is 1.48 bits per heavy atom. The highest BCUT2D eigenvalue weighted by Crippen LogP contribution is 2.25. The van der Waals surface area contributed by atoms with Crippen molar-refractivity contribution < 1.29 is 27.5 Å². The van der Waals surface area contributed by atoms with Crippen LogP contribution in [0.5, 0.6) is 0 Å². The molecule has 1 N–H and O–H groups in total. The lowest BCUT2D eigenvalue weighted by Crippen LogP contribution is -2.16. The summed E-state index contributed by atoms with van der Waals surface area (Å²) in [7, 11) is -4.04. The lowest BCUT2D eigenvalue weighted by molar-refractivity contribution is 0.0525. The van der Waals surface area contributed by atoms with Gasteiger partial charge in [0.1, 0.15) is 4.90 Å². The van der Waals surface area contributed by atoms with Crippen LogP contribution in [0.15, 0.2) is 47.4 Å². The average Bonchev–Trinajstić information content (AvgIpc) is 2.61. The van der Waals surface area contributed by atoms with Crippen molar-refractivity contribution in [2.45, 2.75) is 18.7 Å². The Hall–Kier alpha value is -2.58. The third-order valence-electron chi connectivity index (χ3n) is 3.33. The number of carbonyl (C=O) groups excluding carboxylic acids is 2. The van der Waals surface area contributed by atoms with Crippen molar-refractivity contribution in [2.75, 3.05) is 17.9 Å². The van der Waals surface area contributed by atoms with Crippen LogP contribution in [0.4, 0.5) is 5.69 Å². The lowest BCUT2D eigenvalue weighted by Gasteiger charge is -2.12. The van der Waals surface area contributed by atoms with Crippen LogP contribution < -0.4 is 4.72 Å². The van der Waals surface area contributed by atoms with Crippen LogP contribution in [-0.4, -0.2) is 33.6 Å². The van der Waals surface area contributed by atoms with Gasteiger partial charge in [0.15, 0.2) is 0 Å². The Morgan fingerprint density at radius 3 is 1.96 bits per heavy atom. The van der Waals surface area contributed by atoms with Crippen molar-refractivity contribution in [3.8, 4) is 0 Å². The van der Waals surface area contributed by atoms with E-state index in [1.54, 1.807) is 19.9 Å². The van der Waals surface area contributed by atoms with Crippen LogP contribution in [0.1, 0.15) is 34.6 Å². The van der Waals surface area contributed by atoms with Gasteiger partial charge in [-0.2, -0.15) is 0 Å². The molecule has 7 nitrogen and oxygen atoms in total. The highest BCUT2D eigenvalue weighted by molar-refractivity contribution is 7.92. The van der Waals surface area contributed by atoms with Gasteiger partial charge in [0.25, 0.3) is 10.0 Å². The first kappa shape index (κ1) is 20.7. The minimum atomic E-state index is -4.04. The third-order valence-corrected chi connectivity index (χ3v) is 5.21. The van der Waals surface area contributed by atoms with Crippen molar-refractivity contribution in [2.24, 2.45) is 0 Å². The maximum absolute atomic E-state index is 12.6. The van der Waals surface area contributed by atoms with Gasteiger partial charge in [0.2, 0.25) is 0 Å². The van der Waals surface area contributed by atoms with Gasteiger partial charge >= 0.3 is 11.9 Å². The van der Waals surface area contributed by atoms with Gasteiger partial charge in [-0.1, -0.05) is 23.7 Å². The maximum atomic E-state index is 12.6. The summed E-state index contributed by atoms with van der Waals surface area (Å²) in [5.41, 5.74) is 0.0297. The zero-order valence-electron chi connectivity index (χ0n) is 14.7. The molecule has 0 saturated heterocycles. The normalized spacial score (nSPS) is 10.9. The number of nitrogens with one attached hydrogen (secondary N) is 1. The molecule has 27 heavy (non-hydrogen) atoms. The van der Waals surface area contributed by atoms with Crippen molar-refractivity contribution in [3.63, 3.8) is 0 Å². The number of ether oxygens (including phenoxy) is 2. The molecule has 0 radical (unpaired) electrons. The van der Waals surface area contributed by atoms with Gasteiger partial charge in [-0.05, 0) is 44.2 Å². The van der Waals surface area contributed by atoms with Gasteiger partial charge in [-0.25, -0.2) is 18.0 Å². The molecule has 0 fully saturated rings. The second-order valence-electron chi connectivity index (χ2n) is 5.28. The van der Waals surface area contributed by atoms with E-state index >= 15 is 0 Å². The molecule has 9 heteroatoms. The minimum Gasteiger partial charge on any atom is -0.462 e. The van der Waals surface area contributed by atoms with Crippen molar-refractivity contribution in [1.82, 2.24) is 0 Å². The molecule has 0 saturated carbocycles. The van der Waals surface area contributed by atoms with E-state index in [4.69, 9.17) is 21.1 Å². The molecular weight excluding hydrogens is 394 g/mol. The first-order valence-electron chi connectivity index (χ1n) is 8.05. The first-order valence-corrected chi connectivity index (χ1v) is 9.91. The molecule has 0 aliphatic carbocycles. The summed E-state index contributed by atoms with van der Waals surface area (Å²) >= 11 is 5.95. The van der Waals surface area contributed by atoms with Crippen molar-refractivity contribution in [1.29, 1.82) is 0 Å². The zero-order valence-corrected chi connectivity index (χ0v) is 16.3.